The van der Waals surface area contributed by atoms with Gasteiger partial charge in [0.2, 0.25) is 0 Å². The summed E-state index contributed by atoms with van der Waals surface area (Å²) in [6, 6.07) is 14.5. The fourth-order valence-electron chi connectivity index (χ4n) is 2.58. The van der Waals surface area contributed by atoms with Crippen LogP contribution in [0.25, 0.3) is 0 Å². The number of urea groups is 1. The van der Waals surface area contributed by atoms with Crippen LogP contribution in [0.1, 0.15) is 49.2 Å². The van der Waals surface area contributed by atoms with E-state index in [0.29, 0.717) is 24.4 Å². The van der Waals surface area contributed by atoms with E-state index in [1.807, 2.05) is 52.0 Å². The smallest absolute Gasteiger partial charge is 0.319 e. The zero-order valence-electron chi connectivity index (χ0n) is 16.9. The Bertz CT molecular complexity index is 803. The molecule has 28 heavy (non-hydrogen) atoms. The van der Waals surface area contributed by atoms with Crippen LogP contribution in [0, 0.1) is 0 Å². The van der Waals surface area contributed by atoms with Crippen molar-refractivity contribution < 1.29 is 14.3 Å². The van der Waals surface area contributed by atoms with Gasteiger partial charge in [-0.05, 0) is 51.0 Å². The van der Waals surface area contributed by atoms with Crippen LogP contribution in [0.3, 0.4) is 0 Å². The van der Waals surface area contributed by atoms with E-state index in [2.05, 4.69) is 16.0 Å². The summed E-state index contributed by atoms with van der Waals surface area (Å²) < 4.78 is 5.62. The topological polar surface area (TPSA) is 79.5 Å². The zero-order valence-corrected chi connectivity index (χ0v) is 16.9. The summed E-state index contributed by atoms with van der Waals surface area (Å²) in [7, 11) is 0. The van der Waals surface area contributed by atoms with Crippen LogP contribution in [0.4, 0.5) is 10.5 Å². The Labute approximate surface area is 166 Å². The Morgan fingerprint density at radius 1 is 0.964 bits per heavy atom. The molecule has 3 amide bonds. The van der Waals surface area contributed by atoms with Crippen molar-refractivity contribution >= 4 is 17.6 Å². The predicted molar refractivity (Wildman–Crippen MR) is 111 cm³/mol. The lowest BCUT2D eigenvalue weighted by Crippen LogP contribution is -2.35. The van der Waals surface area contributed by atoms with E-state index in [0.717, 1.165) is 11.1 Å². The van der Waals surface area contributed by atoms with Gasteiger partial charge in [0.05, 0.1) is 24.0 Å². The first-order valence-corrected chi connectivity index (χ1v) is 9.49. The van der Waals surface area contributed by atoms with Crippen molar-refractivity contribution in [1.29, 1.82) is 0 Å². The van der Waals surface area contributed by atoms with Gasteiger partial charge < -0.3 is 20.7 Å². The molecule has 0 unspecified atom stereocenters. The fourth-order valence-corrected chi connectivity index (χ4v) is 2.58. The van der Waals surface area contributed by atoms with Crippen LogP contribution in [-0.4, -0.2) is 24.1 Å². The fraction of sp³-hybridized carbons (Fsp3) is 0.364. The van der Waals surface area contributed by atoms with E-state index >= 15 is 0 Å². The van der Waals surface area contributed by atoms with E-state index in [9.17, 15) is 9.59 Å². The van der Waals surface area contributed by atoms with E-state index in [4.69, 9.17) is 4.74 Å². The number of hydrogen-bond donors (Lipinski definition) is 3. The summed E-state index contributed by atoms with van der Waals surface area (Å²) in [5.41, 5.74) is 2.94. The number of hydrogen-bond acceptors (Lipinski definition) is 3. The van der Waals surface area contributed by atoms with Crippen LogP contribution < -0.4 is 16.0 Å². The summed E-state index contributed by atoms with van der Waals surface area (Å²) in [4.78, 5) is 24.6. The van der Waals surface area contributed by atoms with E-state index in [1.54, 1.807) is 24.3 Å². The van der Waals surface area contributed by atoms with Crippen molar-refractivity contribution in [2.45, 2.75) is 53.0 Å². The Hall–Kier alpha value is -2.86. The largest absolute Gasteiger partial charge is 0.374 e. The molecular weight excluding hydrogens is 354 g/mol. The quantitative estimate of drug-likeness (QED) is 0.643. The molecule has 0 radical (unpaired) electrons. The predicted octanol–water partition coefficient (Wildman–Crippen LogP) is 4.07. The molecule has 2 rings (SSSR count). The Morgan fingerprint density at radius 3 is 2.39 bits per heavy atom. The van der Waals surface area contributed by atoms with Gasteiger partial charge in [-0.1, -0.05) is 36.4 Å². The first-order chi connectivity index (χ1) is 13.3. The minimum absolute atomic E-state index is 0.00735. The van der Waals surface area contributed by atoms with Gasteiger partial charge >= 0.3 is 6.03 Å². The molecule has 0 bridgehead atoms. The number of nitrogens with one attached hydrogen (secondary N) is 3. The number of anilines is 1. The van der Waals surface area contributed by atoms with Crippen LogP contribution in [0.5, 0.6) is 0 Å². The van der Waals surface area contributed by atoms with Crippen molar-refractivity contribution in [2.24, 2.45) is 0 Å². The van der Waals surface area contributed by atoms with Crippen molar-refractivity contribution in [1.82, 2.24) is 10.6 Å². The number of ether oxygens (including phenoxy) is 1. The summed E-state index contributed by atoms with van der Waals surface area (Å²) in [5.74, 6) is -0.246. The van der Waals surface area contributed by atoms with E-state index in [-0.39, 0.29) is 24.1 Å². The highest BCUT2D eigenvalue weighted by Crippen LogP contribution is 2.15. The van der Waals surface area contributed by atoms with Gasteiger partial charge in [0.15, 0.2) is 0 Å². The molecule has 0 aromatic heterocycles. The third-order valence-electron chi connectivity index (χ3n) is 3.87. The number of rotatable bonds is 8. The summed E-state index contributed by atoms with van der Waals surface area (Å²) in [5, 5.41) is 8.39. The maximum atomic E-state index is 12.6. The van der Waals surface area contributed by atoms with E-state index in [1.165, 1.54) is 0 Å². The average molecular weight is 383 g/mol. The Kier molecular flexibility index (Phi) is 8.02. The molecule has 2 aromatic rings. The standard InChI is InChI=1S/C22H29N3O3/c1-15(2)24-22(27)25-20-11-6-5-10-19(20)21(26)23-13-17-8-7-9-18(12-17)14-28-16(3)4/h5-12,15-16H,13-14H2,1-4H3,(H,23,26)(H2,24,25,27). The van der Waals surface area contributed by atoms with Crippen LogP contribution in [0.2, 0.25) is 0 Å². The zero-order chi connectivity index (χ0) is 20.5. The first-order valence-electron chi connectivity index (χ1n) is 9.49. The van der Waals surface area contributed by atoms with Crippen molar-refractivity contribution in [3.8, 4) is 0 Å². The highest BCUT2D eigenvalue weighted by molar-refractivity contribution is 6.03. The third-order valence-corrected chi connectivity index (χ3v) is 3.87. The maximum Gasteiger partial charge on any atom is 0.319 e. The summed E-state index contributed by atoms with van der Waals surface area (Å²) in [6.45, 7) is 8.67. The second-order valence-electron chi connectivity index (χ2n) is 7.16. The molecule has 0 aliphatic rings. The van der Waals surface area contributed by atoms with Gasteiger partial charge in [0, 0.05) is 12.6 Å². The van der Waals surface area contributed by atoms with Crippen molar-refractivity contribution in [3.05, 3.63) is 65.2 Å². The van der Waals surface area contributed by atoms with Crippen LogP contribution in [0.15, 0.2) is 48.5 Å². The molecule has 0 fully saturated rings. The third kappa shape index (κ3) is 7.04. The number of para-hydroxylation sites is 1. The molecule has 2 aromatic carbocycles. The summed E-state index contributed by atoms with van der Waals surface area (Å²) in [6.07, 6.45) is 0.167. The molecule has 0 aliphatic carbocycles. The van der Waals surface area contributed by atoms with Gasteiger partial charge in [0.25, 0.3) is 5.91 Å². The molecule has 0 aliphatic heterocycles. The lowest BCUT2D eigenvalue weighted by atomic mass is 10.1. The Balaban J connectivity index is 2.00. The molecule has 0 saturated carbocycles. The molecule has 6 heteroatoms. The average Bonchev–Trinajstić information content (AvgIpc) is 2.64. The highest BCUT2D eigenvalue weighted by Gasteiger charge is 2.13. The minimum Gasteiger partial charge on any atom is -0.374 e. The normalized spacial score (nSPS) is 10.8. The molecule has 3 N–H and O–H groups in total. The molecule has 0 atom stereocenters. The van der Waals surface area contributed by atoms with Gasteiger partial charge in [-0.2, -0.15) is 0 Å². The number of carbonyl (C=O) groups is 2. The maximum absolute atomic E-state index is 12.6. The van der Waals surface area contributed by atoms with E-state index < -0.39 is 0 Å². The molecule has 6 nitrogen and oxygen atoms in total. The molecule has 0 heterocycles. The second kappa shape index (κ2) is 10.5. The Morgan fingerprint density at radius 2 is 1.68 bits per heavy atom. The molecule has 0 saturated heterocycles. The lowest BCUT2D eigenvalue weighted by Gasteiger charge is -2.14. The summed E-state index contributed by atoms with van der Waals surface area (Å²) >= 11 is 0. The lowest BCUT2D eigenvalue weighted by molar-refractivity contribution is 0.0657. The number of carbonyl (C=O) groups excluding carboxylic acids is 2. The van der Waals surface area contributed by atoms with Gasteiger partial charge in [-0.25, -0.2) is 4.79 Å². The van der Waals surface area contributed by atoms with Crippen LogP contribution >= 0.6 is 0 Å². The minimum atomic E-state index is -0.340. The monoisotopic (exact) mass is 383 g/mol. The molecular formula is C22H29N3O3. The first kappa shape index (κ1) is 21.4. The molecule has 150 valence electrons. The number of amides is 3. The van der Waals surface area contributed by atoms with Gasteiger partial charge in [-0.3, -0.25) is 4.79 Å². The molecule has 0 spiro atoms. The van der Waals surface area contributed by atoms with Gasteiger partial charge in [0.1, 0.15) is 0 Å². The van der Waals surface area contributed by atoms with Gasteiger partial charge in [-0.15, -0.1) is 0 Å². The second-order valence-corrected chi connectivity index (χ2v) is 7.16. The van der Waals surface area contributed by atoms with Crippen molar-refractivity contribution in [3.63, 3.8) is 0 Å². The highest BCUT2D eigenvalue weighted by atomic mass is 16.5. The van der Waals surface area contributed by atoms with Crippen molar-refractivity contribution in [2.75, 3.05) is 5.32 Å². The number of benzene rings is 2. The SMILES string of the molecule is CC(C)NC(=O)Nc1ccccc1C(=O)NCc1cccc(COC(C)C)c1. The van der Waals surface area contributed by atoms with Crippen LogP contribution in [-0.2, 0) is 17.9 Å².